The minimum Gasteiger partial charge on any atom is -0.457 e. The van der Waals surface area contributed by atoms with Crippen LogP contribution in [0.3, 0.4) is 0 Å². The molecule has 0 unspecified atom stereocenters. The van der Waals surface area contributed by atoms with E-state index < -0.39 is 0 Å². The molecule has 4 aromatic rings. The van der Waals surface area contributed by atoms with Gasteiger partial charge in [-0.05, 0) is 60.7 Å². The Hall–Kier alpha value is -4.06. The van der Waals surface area contributed by atoms with E-state index in [4.69, 9.17) is 10.5 Å². The molecular formula is C22H19N5O. The Bertz CT molecular complexity index is 1030. The van der Waals surface area contributed by atoms with E-state index in [1.54, 1.807) is 0 Å². The minimum atomic E-state index is 0.685. The molecule has 0 aliphatic rings. The summed E-state index contributed by atoms with van der Waals surface area (Å²) in [4.78, 5) is 8.51. The van der Waals surface area contributed by atoms with Gasteiger partial charge in [-0.15, -0.1) is 0 Å². The van der Waals surface area contributed by atoms with E-state index in [-0.39, 0.29) is 0 Å². The van der Waals surface area contributed by atoms with E-state index in [1.165, 1.54) is 6.33 Å². The van der Waals surface area contributed by atoms with E-state index in [0.717, 1.165) is 28.6 Å². The van der Waals surface area contributed by atoms with Gasteiger partial charge in [-0.1, -0.05) is 18.2 Å². The Morgan fingerprint density at radius 2 is 1.18 bits per heavy atom. The topological polar surface area (TPSA) is 85.1 Å². The number of nitrogen functional groups attached to an aromatic ring is 1. The van der Waals surface area contributed by atoms with Crippen LogP contribution in [0.25, 0.3) is 0 Å². The maximum Gasteiger partial charge on any atom is 0.135 e. The highest BCUT2D eigenvalue weighted by Crippen LogP contribution is 2.24. The van der Waals surface area contributed by atoms with Gasteiger partial charge < -0.3 is 21.1 Å². The van der Waals surface area contributed by atoms with Crippen molar-refractivity contribution < 1.29 is 4.74 Å². The number of benzene rings is 3. The molecule has 0 saturated heterocycles. The van der Waals surface area contributed by atoms with Crippen LogP contribution in [0.5, 0.6) is 11.5 Å². The van der Waals surface area contributed by atoms with Gasteiger partial charge in [0.05, 0.1) is 0 Å². The maximum atomic E-state index is 5.81. The molecule has 0 aliphatic carbocycles. The third kappa shape index (κ3) is 4.56. The molecule has 138 valence electrons. The molecule has 0 amide bonds. The number of anilines is 5. The molecule has 0 bridgehead atoms. The first-order valence-electron chi connectivity index (χ1n) is 8.79. The molecule has 28 heavy (non-hydrogen) atoms. The summed E-state index contributed by atoms with van der Waals surface area (Å²) in [5.74, 6) is 2.94. The molecule has 0 saturated carbocycles. The van der Waals surface area contributed by atoms with Gasteiger partial charge >= 0.3 is 0 Å². The van der Waals surface area contributed by atoms with Crippen molar-refractivity contribution in [3.8, 4) is 11.5 Å². The largest absolute Gasteiger partial charge is 0.457 e. The Morgan fingerprint density at radius 3 is 1.79 bits per heavy atom. The summed E-state index contributed by atoms with van der Waals surface area (Å²) in [6, 6.07) is 26.7. The van der Waals surface area contributed by atoms with Crippen molar-refractivity contribution in [3.63, 3.8) is 0 Å². The van der Waals surface area contributed by atoms with Crippen LogP contribution < -0.4 is 21.1 Å². The van der Waals surface area contributed by atoms with E-state index in [1.807, 2.05) is 84.9 Å². The van der Waals surface area contributed by atoms with Crippen molar-refractivity contribution in [2.75, 3.05) is 16.4 Å². The van der Waals surface area contributed by atoms with Crippen molar-refractivity contribution in [1.29, 1.82) is 0 Å². The van der Waals surface area contributed by atoms with Crippen LogP contribution in [0.15, 0.2) is 91.3 Å². The van der Waals surface area contributed by atoms with Crippen LogP contribution in [0.1, 0.15) is 0 Å². The van der Waals surface area contributed by atoms with Gasteiger partial charge in [0.15, 0.2) is 0 Å². The molecule has 1 aromatic heterocycles. The molecule has 3 aromatic carbocycles. The highest BCUT2D eigenvalue weighted by Gasteiger charge is 2.02. The van der Waals surface area contributed by atoms with Crippen molar-refractivity contribution in [2.24, 2.45) is 0 Å². The molecule has 6 nitrogen and oxygen atoms in total. The van der Waals surface area contributed by atoms with Crippen LogP contribution in [0.4, 0.5) is 28.7 Å². The number of nitrogens with two attached hydrogens (primary N) is 1. The number of ether oxygens (including phenoxy) is 1. The average Bonchev–Trinajstić information content (AvgIpc) is 2.72. The third-order valence-corrected chi connectivity index (χ3v) is 3.96. The van der Waals surface area contributed by atoms with Crippen LogP contribution in [-0.4, -0.2) is 9.97 Å². The number of para-hydroxylation sites is 1. The summed E-state index contributed by atoms with van der Waals surface area (Å²) in [6.07, 6.45) is 1.51. The van der Waals surface area contributed by atoms with Gasteiger partial charge in [0.25, 0.3) is 0 Å². The van der Waals surface area contributed by atoms with Gasteiger partial charge in [0, 0.05) is 23.1 Å². The van der Waals surface area contributed by atoms with Crippen LogP contribution in [0, 0.1) is 0 Å². The summed E-state index contributed by atoms with van der Waals surface area (Å²) in [5.41, 5.74) is 8.23. The van der Waals surface area contributed by atoms with E-state index in [0.29, 0.717) is 11.6 Å². The van der Waals surface area contributed by atoms with Gasteiger partial charge in [-0.2, -0.15) is 0 Å². The Kier molecular flexibility index (Phi) is 5.02. The quantitative estimate of drug-likeness (QED) is 0.398. The summed E-state index contributed by atoms with van der Waals surface area (Å²) in [5, 5.41) is 6.49. The van der Waals surface area contributed by atoms with E-state index in [9.17, 15) is 0 Å². The molecule has 0 fully saturated rings. The Labute approximate surface area is 163 Å². The van der Waals surface area contributed by atoms with Crippen LogP contribution >= 0.6 is 0 Å². The minimum absolute atomic E-state index is 0.685. The molecule has 0 atom stereocenters. The number of rotatable bonds is 6. The first-order chi connectivity index (χ1) is 13.7. The fourth-order valence-electron chi connectivity index (χ4n) is 2.59. The second kappa shape index (κ2) is 8.09. The first-order valence-corrected chi connectivity index (χ1v) is 8.79. The molecule has 1 heterocycles. The Morgan fingerprint density at radius 1 is 0.643 bits per heavy atom. The number of nitrogens with zero attached hydrogens (tertiary/aromatic N) is 2. The summed E-state index contributed by atoms with van der Waals surface area (Å²) >= 11 is 0. The lowest BCUT2D eigenvalue weighted by Gasteiger charge is -2.10. The SMILES string of the molecule is Nc1ccc(Nc2cc(Nc3ccc(Oc4ccccc4)cc3)ncn2)cc1. The lowest BCUT2D eigenvalue weighted by molar-refractivity contribution is 0.483. The smallest absolute Gasteiger partial charge is 0.135 e. The summed E-state index contributed by atoms with van der Waals surface area (Å²) in [7, 11) is 0. The standard InChI is InChI=1S/C22H19N5O/c23-16-6-8-17(9-7-16)26-21-14-22(25-15-24-21)27-18-10-12-20(13-11-18)28-19-4-2-1-3-5-19/h1-15H,23H2,(H2,24,25,26,27). The maximum absolute atomic E-state index is 5.81. The number of aromatic nitrogens is 2. The molecule has 4 rings (SSSR count). The van der Waals surface area contributed by atoms with Gasteiger partial charge in [0.1, 0.15) is 29.5 Å². The second-order valence-corrected chi connectivity index (χ2v) is 6.10. The summed E-state index contributed by atoms with van der Waals surface area (Å²) < 4.78 is 5.81. The first kappa shape index (κ1) is 17.4. The lowest BCUT2D eigenvalue weighted by Crippen LogP contribution is -1.98. The zero-order chi connectivity index (χ0) is 19.2. The fourth-order valence-corrected chi connectivity index (χ4v) is 2.59. The van der Waals surface area contributed by atoms with Gasteiger partial charge in [-0.3, -0.25) is 0 Å². The second-order valence-electron chi connectivity index (χ2n) is 6.10. The van der Waals surface area contributed by atoms with E-state index in [2.05, 4.69) is 20.6 Å². The van der Waals surface area contributed by atoms with Crippen molar-refractivity contribution in [2.45, 2.75) is 0 Å². The van der Waals surface area contributed by atoms with Crippen molar-refractivity contribution >= 4 is 28.7 Å². The van der Waals surface area contributed by atoms with Crippen molar-refractivity contribution in [1.82, 2.24) is 9.97 Å². The number of hydrogen-bond acceptors (Lipinski definition) is 6. The lowest BCUT2D eigenvalue weighted by atomic mass is 10.3. The fraction of sp³-hybridized carbons (Fsp3) is 0. The molecule has 4 N–H and O–H groups in total. The molecule has 6 heteroatoms. The van der Waals surface area contributed by atoms with E-state index >= 15 is 0 Å². The van der Waals surface area contributed by atoms with Crippen molar-refractivity contribution in [3.05, 3.63) is 91.3 Å². The zero-order valence-corrected chi connectivity index (χ0v) is 15.0. The normalized spacial score (nSPS) is 10.3. The van der Waals surface area contributed by atoms with Crippen LogP contribution in [-0.2, 0) is 0 Å². The molecule has 0 radical (unpaired) electrons. The van der Waals surface area contributed by atoms with Crippen LogP contribution in [0.2, 0.25) is 0 Å². The monoisotopic (exact) mass is 369 g/mol. The third-order valence-electron chi connectivity index (χ3n) is 3.96. The highest BCUT2D eigenvalue weighted by molar-refractivity contribution is 5.64. The molecular weight excluding hydrogens is 350 g/mol. The molecule has 0 spiro atoms. The average molecular weight is 369 g/mol. The predicted octanol–water partition coefficient (Wildman–Crippen LogP) is 5.34. The Balaban J connectivity index is 1.42. The molecule has 0 aliphatic heterocycles. The zero-order valence-electron chi connectivity index (χ0n) is 15.0. The predicted molar refractivity (Wildman–Crippen MR) is 112 cm³/mol. The van der Waals surface area contributed by atoms with Gasteiger partial charge in [-0.25, -0.2) is 9.97 Å². The number of nitrogens with one attached hydrogen (secondary N) is 2. The van der Waals surface area contributed by atoms with Gasteiger partial charge in [0.2, 0.25) is 0 Å². The summed E-state index contributed by atoms with van der Waals surface area (Å²) in [6.45, 7) is 0. The number of hydrogen-bond donors (Lipinski definition) is 3. The highest BCUT2D eigenvalue weighted by atomic mass is 16.5.